The van der Waals surface area contributed by atoms with E-state index in [1.54, 1.807) is 0 Å². The molecule has 0 saturated heterocycles. The molecule has 0 aliphatic carbocycles. The number of hydrogen-bond acceptors (Lipinski definition) is 6. The Bertz CT molecular complexity index is 769. The Labute approximate surface area is 158 Å². The summed E-state index contributed by atoms with van der Waals surface area (Å²) < 4.78 is 26.0. The Morgan fingerprint density at radius 2 is 2.00 bits per heavy atom. The molecule has 0 unspecified atom stereocenters. The van der Waals surface area contributed by atoms with Crippen molar-refractivity contribution in [1.82, 2.24) is 13.3 Å². The third-order valence-electron chi connectivity index (χ3n) is 2.58. The zero-order chi connectivity index (χ0) is 14.4. The van der Waals surface area contributed by atoms with Gasteiger partial charge in [0.05, 0.1) is 11.5 Å². The van der Waals surface area contributed by atoms with Crippen molar-refractivity contribution >= 4 is 33.2 Å². The number of rotatable bonds is 3. The van der Waals surface area contributed by atoms with E-state index in [1.807, 2.05) is 0 Å². The standard InChI is InChI=1S/C10H12N4O4S.K/c1-13(2)19(17,18)14-7-5-3-4-6(9(15)16)8(7)12-10(14)11;/h3-5H,1-2H3,(H2,11,12)(H,15,16);/q;+1/p-1. The van der Waals surface area contributed by atoms with Crippen LogP contribution in [0.4, 0.5) is 5.95 Å². The van der Waals surface area contributed by atoms with Crippen molar-refractivity contribution in [3.63, 3.8) is 0 Å². The van der Waals surface area contributed by atoms with Crippen LogP contribution in [-0.2, 0) is 10.2 Å². The maximum atomic E-state index is 12.1. The van der Waals surface area contributed by atoms with Crippen LogP contribution in [0.5, 0.6) is 0 Å². The van der Waals surface area contributed by atoms with Gasteiger partial charge in [-0.3, -0.25) is 0 Å². The second-order valence-corrected chi connectivity index (χ2v) is 5.98. The van der Waals surface area contributed by atoms with Gasteiger partial charge in [-0.2, -0.15) is 16.7 Å². The molecule has 0 amide bonds. The molecule has 1 aromatic carbocycles. The quantitative estimate of drug-likeness (QED) is 0.570. The molecule has 1 heterocycles. The largest absolute Gasteiger partial charge is 1.00 e. The van der Waals surface area contributed by atoms with Crippen molar-refractivity contribution in [1.29, 1.82) is 0 Å². The monoisotopic (exact) mass is 322 g/mol. The minimum Gasteiger partial charge on any atom is -0.545 e. The smallest absolute Gasteiger partial charge is 0.545 e. The second-order valence-electron chi connectivity index (χ2n) is 3.99. The molecule has 0 spiro atoms. The zero-order valence-corrected chi connectivity index (χ0v) is 15.1. The molecule has 2 N–H and O–H groups in total. The van der Waals surface area contributed by atoms with Crippen molar-refractivity contribution in [2.24, 2.45) is 0 Å². The van der Waals surface area contributed by atoms with Gasteiger partial charge in [-0.1, -0.05) is 12.1 Å². The summed E-state index contributed by atoms with van der Waals surface area (Å²) in [7, 11) is -1.21. The fraction of sp³-hybridized carbons (Fsp3) is 0.200. The van der Waals surface area contributed by atoms with Crippen molar-refractivity contribution in [3.05, 3.63) is 23.8 Å². The van der Waals surface area contributed by atoms with E-state index in [2.05, 4.69) is 4.98 Å². The predicted octanol–water partition coefficient (Wildman–Crippen LogP) is -4.36. The van der Waals surface area contributed by atoms with Crippen LogP contribution in [0, 0.1) is 0 Å². The predicted molar refractivity (Wildman–Crippen MR) is 66.5 cm³/mol. The molecule has 0 aliphatic heterocycles. The molecule has 0 aliphatic rings. The molecular weight excluding hydrogens is 311 g/mol. The summed E-state index contributed by atoms with van der Waals surface area (Å²) in [5.74, 6) is -1.75. The van der Waals surface area contributed by atoms with Crippen LogP contribution < -0.4 is 62.2 Å². The molecule has 0 saturated carbocycles. The molecule has 2 rings (SSSR count). The number of carbonyl (C=O) groups is 1. The fourth-order valence-corrected chi connectivity index (χ4v) is 2.67. The van der Waals surface area contributed by atoms with E-state index in [0.717, 1.165) is 8.28 Å². The van der Waals surface area contributed by atoms with E-state index in [-0.39, 0.29) is 73.9 Å². The SMILES string of the molecule is CN(C)S(=O)(=O)n1c(N)nc2c(C(=O)[O-])cccc21.[K+]. The number of aromatic carboxylic acids is 1. The van der Waals surface area contributed by atoms with Crippen molar-refractivity contribution in [2.45, 2.75) is 0 Å². The van der Waals surface area contributed by atoms with Crippen LogP contribution in [0.15, 0.2) is 18.2 Å². The van der Waals surface area contributed by atoms with Gasteiger partial charge in [0.2, 0.25) is 5.95 Å². The number of fused-ring (bicyclic) bond motifs is 1. The molecule has 2 aromatic rings. The Hall–Kier alpha value is -0.494. The van der Waals surface area contributed by atoms with Crippen LogP contribution in [-0.4, -0.2) is 41.7 Å². The number of hydrogen-bond donors (Lipinski definition) is 1. The van der Waals surface area contributed by atoms with Gasteiger partial charge in [0.25, 0.3) is 0 Å². The maximum absolute atomic E-state index is 12.1. The van der Waals surface area contributed by atoms with Gasteiger partial charge in [0.15, 0.2) is 0 Å². The summed E-state index contributed by atoms with van der Waals surface area (Å²) in [6.45, 7) is 0. The summed E-state index contributed by atoms with van der Waals surface area (Å²) in [4.78, 5) is 14.8. The number of para-hydroxylation sites is 1. The maximum Gasteiger partial charge on any atom is 1.00 e. The van der Waals surface area contributed by atoms with E-state index < -0.39 is 16.2 Å². The van der Waals surface area contributed by atoms with Gasteiger partial charge in [-0.15, -0.1) is 0 Å². The van der Waals surface area contributed by atoms with Gasteiger partial charge in [0.1, 0.15) is 5.52 Å². The minimum atomic E-state index is -3.88. The van der Waals surface area contributed by atoms with Crippen molar-refractivity contribution in [2.75, 3.05) is 19.8 Å². The first-order valence-electron chi connectivity index (χ1n) is 5.18. The van der Waals surface area contributed by atoms with Crippen LogP contribution >= 0.6 is 0 Å². The Morgan fingerprint density at radius 3 is 2.50 bits per heavy atom. The van der Waals surface area contributed by atoms with Gasteiger partial charge >= 0.3 is 61.6 Å². The van der Waals surface area contributed by atoms with Gasteiger partial charge in [-0.25, -0.2) is 4.98 Å². The Morgan fingerprint density at radius 1 is 1.40 bits per heavy atom. The number of benzene rings is 1. The van der Waals surface area contributed by atoms with E-state index in [1.165, 1.54) is 32.3 Å². The average Bonchev–Trinajstić information content (AvgIpc) is 2.64. The third-order valence-corrected chi connectivity index (χ3v) is 4.35. The molecule has 0 bridgehead atoms. The molecule has 1 aromatic heterocycles. The number of carboxylic acids is 1. The number of carboxylic acid groups (broad SMARTS) is 1. The minimum absolute atomic E-state index is 0. The first-order valence-corrected chi connectivity index (χ1v) is 6.58. The van der Waals surface area contributed by atoms with E-state index >= 15 is 0 Å². The molecule has 0 radical (unpaired) electrons. The molecule has 0 atom stereocenters. The summed E-state index contributed by atoms with van der Waals surface area (Å²) in [6.07, 6.45) is 0. The molecule has 20 heavy (non-hydrogen) atoms. The third kappa shape index (κ3) is 2.77. The summed E-state index contributed by atoms with van der Waals surface area (Å²) >= 11 is 0. The molecule has 8 nitrogen and oxygen atoms in total. The van der Waals surface area contributed by atoms with Gasteiger partial charge in [-0.05, 0) is 6.07 Å². The number of nitrogens with zero attached hydrogens (tertiary/aromatic N) is 3. The van der Waals surface area contributed by atoms with Crippen molar-refractivity contribution in [3.8, 4) is 0 Å². The summed E-state index contributed by atoms with van der Waals surface area (Å²) in [5, 5.41) is 11.0. The number of nitrogens with two attached hydrogens (primary N) is 1. The van der Waals surface area contributed by atoms with Crippen molar-refractivity contribution < 1.29 is 69.7 Å². The number of aromatic nitrogens is 2. The molecular formula is C10H11KN4O4S. The second kappa shape index (κ2) is 6.09. The number of carbonyl (C=O) groups excluding carboxylic acids is 1. The number of imidazole rings is 1. The van der Waals surface area contributed by atoms with Crippen LogP contribution in [0.3, 0.4) is 0 Å². The number of anilines is 1. The van der Waals surface area contributed by atoms with Gasteiger partial charge < -0.3 is 15.6 Å². The van der Waals surface area contributed by atoms with Crippen LogP contribution in [0.2, 0.25) is 0 Å². The number of nitrogen functional groups attached to an aromatic ring is 1. The van der Waals surface area contributed by atoms with E-state index in [0.29, 0.717) is 0 Å². The molecule has 0 fully saturated rings. The van der Waals surface area contributed by atoms with E-state index in [9.17, 15) is 18.3 Å². The zero-order valence-electron chi connectivity index (χ0n) is 11.2. The summed E-state index contributed by atoms with van der Waals surface area (Å²) in [5.41, 5.74) is 5.44. The van der Waals surface area contributed by atoms with Crippen LogP contribution in [0.25, 0.3) is 11.0 Å². The van der Waals surface area contributed by atoms with Crippen LogP contribution in [0.1, 0.15) is 10.4 Å². The Kier molecular flexibility index (Phi) is 5.35. The average molecular weight is 322 g/mol. The molecule has 10 heteroatoms. The first-order chi connectivity index (χ1) is 8.76. The fourth-order valence-electron chi connectivity index (χ4n) is 1.67. The summed E-state index contributed by atoms with van der Waals surface area (Å²) in [6, 6.07) is 4.10. The normalized spacial score (nSPS) is 11.6. The first kappa shape index (κ1) is 17.6. The van der Waals surface area contributed by atoms with Gasteiger partial charge in [0, 0.05) is 19.7 Å². The molecule has 102 valence electrons. The van der Waals surface area contributed by atoms with E-state index in [4.69, 9.17) is 5.73 Å². The topological polar surface area (TPSA) is 121 Å². The Balaban J connectivity index is 0.00000200.